The van der Waals surface area contributed by atoms with Crippen molar-refractivity contribution in [2.24, 2.45) is 23.0 Å². The van der Waals surface area contributed by atoms with E-state index in [2.05, 4.69) is 32.7 Å². The fraction of sp³-hybridized carbons (Fsp3) is 0.542. The third-order valence-electron chi connectivity index (χ3n) is 8.05. The number of rotatable bonds is 4. The molecular weight excluding hydrogens is 418 g/mol. The van der Waals surface area contributed by atoms with E-state index in [0.29, 0.717) is 17.9 Å². The van der Waals surface area contributed by atoms with E-state index in [-0.39, 0.29) is 17.3 Å². The van der Waals surface area contributed by atoms with E-state index in [9.17, 15) is 9.59 Å². The molecule has 6 rings (SSSR count). The summed E-state index contributed by atoms with van der Waals surface area (Å²) in [5.74, 6) is 1.65. The van der Waals surface area contributed by atoms with Gasteiger partial charge in [0, 0.05) is 56.9 Å². The Labute approximate surface area is 193 Å². The van der Waals surface area contributed by atoms with Crippen molar-refractivity contribution in [3.05, 3.63) is 52.6 Å². The van der Waals surface area contributed by atoms with Crippen molar-refractivity contribution in [1.29, 1.82) is 0 Å². The molecular formula is C24H31N7O2. The molecule has 0 radical (unpaired) electrons. The van der Waals surface area contributed by atoms with Crippen LogP contribution in [0.15, 0.2) is 41.3 Å². The topological polar surface area (TPSA) is 109 Å². The van der Waals surface area contributed by atoms with Gasteiger partial charge in [-0.2, -0.15) is 4.98 Å². The van der Waals surface area contributed by atoms with Crippen LogP contribution < -0.4 is 22.1 Å². The predicted octanol–water partition coefficient (Wildman–Crippen LogP) is 0.839. The minimum absolute atomic E-state index is 0.187. The first-order valence-corrected chi connectivity index (χ1v) is 11.9. The lowest BCUT2D eigenvalue weighted by atomic mass is 9.87. The van der Waals surface area contributed by atoms with E-state index >= 15 is 0 Å². The maximum atomic E-state index is 12.7. The second kappa shape index (κ2) is 7.93. The van der Waals surface area contributed by atoms with E-state index in [1.165, 1.54) is 10.1 Å². The number of urea groups is 1. The molecule has 4 aliphatic rings. The Kier molecular flexibility index (Phi) is 5.01. The van der Waals surface area contributed by atoms with Crippen LogP contribution in [0.25, 0.3) is 5.69 Å². The summed E-state index contributed by atoms with van der Waals surface area (Å²) in [7, 11) is 0. The van der Waals surface area contributed by atoms with Gasteiger partial charge in [-0.25, -0.2) is 9.59 Å². The van der Waals surface area contributed by atoms with Crippen molar-refractivity contribution in [3.63, 3.8) is 0 Å². The summed E-state index contributed by atoms with van der Waals surface area (Å²) in [6.07, 6.45) is 3.80. The minimum Gasteiger partial charge on any atom is -0.327 e. The van der Waals surface area contributed by atoms with E-state index in [4.69, 9.17) is 5.73 Å². The Morgan fingerprint density at radius 2 is 1.97 bits per heavy atom. The van der Waals surface area contributed by atoms with Crippen LogP contribution in [-0.2, 0) is 6.54 Å². The molecule has 1 aromatic heterocycles. The van der Waals surface area contributed by atoms with Gasteiger partial charge in [-0.15, -0.1) is 0 Å². The molecule has 1 spiro atoms. The summed E-state index contributed by atoms with van der Waals surface area (Å²) in [6.45, 7) is 6.55. The van der Waals surface area contributed by atoms with Crippen molar-refractivity contribution in [3.8, 4) is 5.69 Å². The first-order valence-electron chi connectivity index (χ1n) is 11.9. The molecule has 3 aliphatic heterocycles. The van der Waals surface area contributed by atoms with Gasteiger partial charge in [0.15, 0.2) is 0 Å². The number of likely N-dealkylation sites (tertiary alicyclic amines) is 2. The number of piperidine rings is 1. The molecule has 3 atom stereocenters. The zero-order chi connectivity index (χ0) is 22.6. The van der Waals surface area contributed by atoms with Crippen LogP contribution in [0.1, 0.15) is 18.4 Å². The number of nitrogens with zero attached hydrogens (tertiary/aromatic N) is 4. The monoisotopic (exact) mass is 449 g/mol. The summed E-state index contributed by atoms with van der Waals surface area (Å²) in [4.78, 5) is 33.7. The first kappa shape index (κ1) is 20.8. The molecule has 33 heavy (non-hydrogen) atoms. The van der Waals surface area contributed by atoms with Gasteiger partial charge in [-0.3, -0.25) is 14.8 Å². The Hall–Kier alpha value is -2.75. The van der Waals surface area contributed by atoms with Gasteiger partial charge in [-0.05, 0) is 55.0 Å². The van der Waals surface area contributed by atoms with Gasteiger partial charge >= 0.3 is 11.7 Å². The Balaban J connectivity index is 1.08. The molecule has 2 amide bonds. The van der Waals surface area contributed by atoms with Crippen molar-refractivity contribution in [2.75, 3.05) is 44.6 Å². The first-order chi connectivity index (χ1) is 16.0. The van der Waals surface area contributed by atoms with Crippen molar-refractivity contribution in [1.82, 2.24) is 24.7 Å². The normalized spacial score (nSPS) is 30.7. The van der Waals surface area contributed by atoms with Gasteiger partial charge in [0.25, 0.3) is 0 Å². The zero-order valence-corrected chi connectivity index (χ0v) is 18.7. The number of carbonyl (C=O) groups excluding carboxylic acids is 1. The number of carbonyl (C=O) groups is 1. The van der Waals surface area contributed by atoms with Crippen LogP contribution in [0.3, 0.4) is 0 Å². The quantitative estimate of drug-likeness (QED) is 0.638. The molecule has 174 valence electrons. The second-order valence-corrected chi connectivity index (χ2v) is 10.3. The van der Waals surface area contributed by atoms with Crippen LogP contribution in [0.4, 0.5) is 10.6 Å². The van der Waals surface area contributed by atoms with Crippen molar-refractivity contribution >= 4 is 11.8 Å². The van der Waals surface area contributed by atoms with Crippen LogP contribution in [0.5, 0.6) is 0 Å². The molecule has 1 aromatic carbocycles. The number of nitrogens with two attached hydrogens (primary N) is 1. The number of amides is 2. The third-order valence-corrected chi connectivity index (χ3v) is 8.05. The predicted molar refractivity (Wildman–Crippen MR) is 125 cm³/mol. The van der Waals surface area contributed by atoms with Gasteiger partial charge in [0.1, 0.15) is 5.82 Å². The summed E-state index contributed by atoms with van der Waals surface area (Å²) in [6, 6.07) is 9.90. The van der Waals surface area contributed by atoms with E-state index in [0.717, 1.165) is 64.3 Å². The van der Waals surface area contributed by atoms with E-state index in [1.54, 1.807) is 12.3 Å². The summed E-state index contributed by atoms with van der Waals surface area (Å²) < 4.78 is 1.50. The standard InChI is InChI=1S/C24H31N7O2/c25-21-18-12-29(13-19(18)21)11-16-1-3-17(4-2-16)31-9-5-20(28-23(31)33)27-22(32)30-10-7-24(15-30)6-8-26-14-24/h1-5,9,18-19,21,26H,6-8,10-15,25H2,(H,27,28,32,33). The molecule has 0 bridgehead atoms. The summed E-state index contributed by atoms with van der Waals surface area (Å²) in [5, 5.41) is 6.20. The number of aromatic nitrogens is 2. The fourth-order valence-corrected chi connectivity index (χ4v) is 5.92. The second-order valence-electron chi connectivity index (χ2n) is 10.3. The van der Waals surface area contributed by atoms with Crippen LogP contribution in [0.2, 0.25) is 0 Å². The fourth-order valence-electron chi connectivity index (χ4n) is 5.92. The molecule has 1 saturated carbocycles. The number of anilines is 1. The number of benzene rings is 1. The van der Waals surface area contributed by atoms with Gasteiger partial charge in [0.2, 0.25) is 0 Å². The SMILES string of the molecule is NC1C2CN(Cc3ccc(-n4ccc(NC(=O)N5CCC6(CCNC6)C5)nc4=O)cc3)CC12. The maximum Gasteiger partial charge on any atom is 0.354 e. The highest BCUT2D eigenvalue weighted by atomic mass is 16.2. The van der Waals surface area contributed by atoms with Gasteiger partial charge in [-0.1, -0.05) is 12.1 Å². The molecule has 4 N–H and O–H groups in total. The Morgan fingerprint density at radius 3 is 2.67 bits per heavy atom. The third kappa shape index (κ3) is 3.94. The van der Waals surface area contributed by atoms with E-state index in [1.807, 2.05) is 17.0 Å². The average molecular weight is 450 g/mol. The molecule has 1 aliphatic carbocycles. The lowest BCUT2D eigenvalue weighted by Gasteiger charge is -2.22. The number of hydrogen-bond donors (Lipinski definition) is 3. The minimum atomic E-state index is -0.410. The van der Waals surface area contributed by atoms with E-state index < -0.39 is 5.69 Å². The Morgan fingerprint density at radius 1 is 1.18 bits per heavy atom. The molecule has 2 aromatic rings. The number of fused-ring (bicyclic) bond motifs is 1. The molecule has 3 saturated heterocycles. The van der Waals surface area contributed by atoms with Gasteiger partial charge in [0.05, 0.1) is 5.69 Å². The highest BCUT2D eigenvalue weighted by molar-refractivity contribution is 5.88. The Bertz CT molecular complexity index is 1100. The highest BCUT2D eigenvalue weighted by Gasteiger charge is 2.53. The zero-order valence-electron chi connectivity index (χ0n) is 18.7. The van der Waals surface area contributed by atoms with Gasteiger partial charge < -0.3 is 16.0 Å². The molecule has 9 heteroatoms. The summed E-state index contributed by atoms with van der Waals surface area (Å²) in [5.41, 5.74) is 7.81. The van der Waals surface area contributed by atoms with Crippen LogP contribution in [-0.4, -0.2) is 70.7 Å². The number of nitrogens with one attached hydrogen (secondary N) is 2. The number of hydrogen-bond acceptors (Lipinski definition) is 6. The summed E-state index contributed by atoms with van der Waals surface area (Å²) >= 11 is 0. The maximum absolute atomic E-state index is 12.7. The molecule has 4 heterocycles. The van der Waals surface area contributed by atoms with Crippen LogP contribution >= 0.6 is 0 Å². The largest absolute Gasteiger partial charge is 0.354 e. The lowest BCUT2D eigenvalue weighted by Crippen LogP contribution is -2.36. The highest BCUT2D eigenvalue weighted by Crippen LogP contribution is 2.44. The van der Waals surface area contributed by atoms with Crippen LogP contribution in [0, 0.1) is 17.3 Å². The van der Waals surface area contributed by atoms with Crippen molar-refractivity contribution in [2.45, 2.75) is 25.4 Å². The molecule has 3 unspecified atom stereocenters. The smallest absolute Gasteiger partial charge is 0.327 e. The molecule has 9 nitrogen and oxygen atoms in total. The molecule has 4 fully saturated rings. The van der Waals surface area contributed by atoms with Crippen molar-refractivity contribution < 1.29 is 4.79 Å². The average Bonchev–Trinajstić information content (AvgIpc) is 3.32. The lowest BCUT2D eigenvalue weighted by molar-refractivity contribution is 0.215.